The van der Waals surface area contributed by atoms with Crippen LogP contribution in [0.2, 0.25) is 0 Å². The van der Waals surface area contributed by atoms with Gasteiger partial charge in [-0.3, -0.25) is 9.59 Å². The summed E-state index contributed by atoms with van der Waals surface area (Å²) in [5, 5.41) is 72.2. The maximum Gasteiger partial charge on any atom is 0.306 e. The molecule has 0 amide bonds. The van der Waals surface area contributed by atoms with Gasteiger partial charge in [-0.15, -0.1) is 0 Å². The van der Waals surface area contributed by atoms with Gasteiger partial charge in [0.2, 0.25) is 0 Å². The molecule has 0 aliphatic carbocycles. The lowest BCUT2D eigenvalue weighted by Gasteiger charge is -2.42. The summed E-state index contributed by atoms with van der Waals surface area (Å²) >= 11 is 0. The van der Waals surface area contributed by atoms with Crippen LogP contribution in [-0.2, 0) is 38.0 Å². The van der Waals surface area contributed by atoms with Gasteiger partial charge in [-0.25, -0.2) is 0 Å². The summed E-state index contributed by atoms with van der Waals surface area (Å²) in [6, 6.07) is 0. The summed E-state index contributed by atoms with van der Waals surface area (Å²) in [4.78, 5) is 25.8. The summed E-state index contributed by atoms with van der Waals surface area (Å²) in [6.07, 6.45) is 28.8. The highest BCUT2D eigenvalue weighted by atomic mass is 16.7. The normalized spacial score (nSPS) is 25.6. The van der Waals surface area contributed by atoms with Crippen LogP contribution in [0.1, 0.15) is 206 Å². The number of hydrogen-bond donors (Lipinski definition) is 7. The minimum atomic E-state index is -1.77. The summed E-state index contributed by atoms with van der Waals surface area (Å²) < 4.78 is 33.6. The van der Waals surface area contributed by atoms with Crippen LogP contribution in [-0.4, -0.2) is 142 Å². The molecule has 408 valence electrons. The van der Waals surface area contributed by atoms with Crippen LogP contribution in [0, 0.1) is 0 Å². The quantitative estimate of drug-likeness (QED) is 0.0173. The fraction of sp³-hybridized carbons (Fsp3) is 0.855. The van der Waals surface area contributed by atoms with E-state index in [1.165, 1.54) is 96.3 Å². The second-order valence-corrected chi connectivity index (χ2v) is 19.4. The monoisotopic (exact) mass is 999 g/mol. The number of hydrogen-bond acceptors (Lipinski definition) is 15. The maximum atomic E-state index is 13.0. The van der Waals surface area contributed by atoms with E-state index in [4.69, 9.17) is 28.4 Å². The van der Waals surface area contributed by atoms with Crippen LogP contribution in [0.15, 0.2) is 36.5 Å². The van der Waals surface area contributed by atoms with Crippen LogP contribution in [0.5, 0.6) is 0 Å². The minimum Gasteiger partial charge on any atom is -0.462 e. The molecule has 2 aliphatic rings. The van der Waals surface area contributed by atoms with Gasteiger partial charge in [-0.2, -0.15) is 0 Å². The third-order valence-corrected chi connectivity index (χ3v) is 13.1. The van der Waals surface area contributed by atoms with Crippen LogP contribution < -0.4 is 0 Å². The zero-order valence-corrected chi connectivity index (χ0v) is 43.3. The zero-order valence-electron chi connectivity index (χ0n) is 43.3. The Kier molecular flexibility index (Phi) is 38.4. The Balaban J connectivity index is 1.77. The van der Waals surface area contributed by atoms with Crippen molar-refractivity contribution in [3.05, 3.63) is 36.5 Å². The number of rotatable bonds is 43. The predicted octanol–water partition coefficient (Wildman–Crippen LogP) is 8.49. The first-order chi connectivity index (χ1) is 34.0. The third kappa shape index (κ3) is 29.4. The molecule has 2 rings (SSSR count). The molecule has 15 heteroatoms. The van der Waals surface area contributed by atoms with Gasteiger partial charge in [-0.1, -0.05) is 185 Å². The lowest BCUT2D eigenvalue weighted by Crippen LogP contribution is -2.61. The topological polar surface area (TPSA) is 231 Å². The molecule has 11 atom stereocenters. The number of aliphatic hydroxyl groups is 7. The van der Waals surface area contributed by atoms with Crippen molar-refractivity contribution in [3.8, 4) is 0 Å². The van der Waals surface area contributed by atoms with Crippen molar-refractivity contribution in [2.45, 2.75) is 274 Å². The fourth-order valence-electron chi connectivity index (χ4n) is 8.64. The van der Waals surface area contributed by atoms with Gasteiger partial charge in [0.05, 0.1) is 19.8 Å². The highest BCUT2D eigenvalue weighted by Crippen LogP contribution is 2.27. The second-order valence-electron chi connectivity index (χ2n) is 19.4. The van der Waals surface area contributed by atoms with Crippen LogP contribution in [0.25, 0.3) is 0 Å². The molecule has 0 aromatic carbocycles. The maximum absolute atomic E-state index is 13.0. The molecular formula is C55H98O15. The summed E-state index contributed by atoms with van der Waals surface area (Å²) in [7, 11) is 0. The first-order valence-corrected chi connectivity index (χ1v) is 27.6. The molecule has 2 fully saturated rings. The van der Waals surface area contributed by atoms with E-state index >= 15 is 0 Å². The van der Waals surface area contributed by atoms with Gasteiger partial charge >= 0.3 is 11.9 Å². The van der Waals surface area contributed by atoms with Crippen LogP contribution in [0.4, 0.5) is 0 Å². The van der Waals surface area contributed by atoms with Gasteiger partial charge < -0.3 is 64.2 Å². The van der Waals surface area contributed by atoms with Crippen molar-refractivity contribution in [1.29, 1.82) is 0 Å². The first-order valence-electron chi connectivity index (χ1n) is 27.6. The molecule has 70 heavy (non-hydrogen) atoms. The number of ether oxygens (including phenoxy) is 6. The van der Waals surface area contributed by atoms with Crippen molar-refractivity contribution >= 4 is 11.9 Å². The van der Waals surface area contributed by atoms with E-state index in [-0.39, 0.29) is 26.1 Å². The predicted molar refractivity (Wildman–Crippen MR) is 270 cm³/mol. The zero-order chi connectivity index (χ0) is 51.0. The van der Waals surface area contributed by atoms with Gasteiger partial charge in [0.1, 0.15) is 55.4 Å². The van der Waals surface area contributed by atoms with E-state index in [9.17, 15) is 45.3 Å². The molecule has 4 unspecified atom stereocenters. The number of carbonyl (C=O) groups is 2. The lowest BCUT2D eigenvalue weighted by atomic mass is 9.98. The van der Waals surface area contributed by atoms with E-state index in [2.05, 4.69) is 50.3 Å². The Bertz CT molecular complexity index is 1360. The molecule has 2 aliphatic heterocycles. The van der Waals surface area contributed by atoms with Gasteiger partial charge in [-0.05, 0) is 44.9 Å². The van der Waals surface area contributed by atoms with Crippen molar-refractivity contribution in [2.75, 3.05) is 26.4 Å². The molecule has 0 radical (unpaired) electrons. The number of allylic oxidation sites excluding steroid dienone is 6. The molecule has 2 heterocycles. The smallest absolute Gasteiger partial charge is 0.306 e. The van der Waals surface area contributed by atoms with Gasteiger partial charge in [0.15, 0.2) is 18.7 Å². The molecule has 0 spiro atoms. The van der Waals surface area contributed by atoms with Crippen molar-refractivity contribution < 1.29 is 73.8 Å². The van der Waals surface area contributed by atoms with Crippen LogP contribution >= 0.6 is 0 Å². The fourth-order valence-corrected chi connectivity index (χ4v) is 8.64. The average Bonchev–Trinajstić information content (AvgIpc) is 3.35. The SMILES string of the molecule is CC/C=C/C/C=C/C/C=C/CCCCCCCC(=O)O[C@@H](COC(=O)CCCCCCCCCCCCCCCCCCCCC)CO[C@@H]1O[C@H](CO[C@@H]2O[C@H](CO)[C@H](O)C(O)C2O)[C@H](O)C(O)C1O. The summed E-state index contributed by atoms with van der Waals surface area (Å²) in [5.74, 6) is -0.937. The second kappa shape index (κ2) is 42.1. The number of esters is 2. The molecule has 0 aromatic rings. The average molecular weight is 999 g/mol. The third-order valence-electron chi connectivity index (χ3n) is 13.1. The van der Waals surface area contributed by atoms with Crippen molar-refractivity contribution in [1.82, 2.24) is 0 Å². The van der Waals surface area contributed by atoms with Crippen LogP contribution in [0.3, 0.4) is 0 Å². The highest BCUT2D eigenvalue weighted by molar-refractivity contribution is 5.70. The number of unbranched alkanes of at least 4 members (excludes halogenated alkanes) is 23. The van der Waals surface area contributed by atoms with E-state index in [1.807, 2.05) is 0 Å². The molecule has 2 saturated heterocycles. The largest absolute Gasteiger partial charge is 0.462 e. The minimum absolute atomic E-state index is 0.147. The summed E-state index contributed by atoms with van der Waals surface area (Å²) in [6.45, 7) is 2.49. The Labute approximate surface area is 421 Å². The Morgan fingerprint density at radius 1 is 0.471 bits per heavy atom. The highest BCUT2D eigenvalue weighted by Gasteiger charge is 2.47. The van der Waals surface area contributed by atoms with Gasteiger partial charge in [0, 0.05) is 12.8 Å². The molecule has 0 aromatic heterocycles. The Morgan fingerprint density at radius 3 is 1.41 bits per heavy atom. The van der Waals surface area contributed by atoms with E-state index in [0.29, 0.717) is 12.8 Å². The first kappa shape index (κ1) is 63.8. The Hall–Kier alpha value is -2.28. The molecular weight excluding hydrogens is 901 g/mol. The molecule has 7 N–H and O–H groups in total. The lowest BCUT2D eigenvalue weighted by molar-refractivity contribution is -0.332. The van der Waals surface area contributed by atoms with Crippen molar-refractivity contribution in [3.63, 3.8) is 0 Å². The number of carbonyl (C=O) groups excluding carboxylic acids is 2. The number of aliphatic hydroxyl groups excluding tert-OH is 7. The van der Waals surface area contributed by atoms with Crippen molar-refractivity contribution in [2.24, 2.45) is 0 Å². The summed E-state index contributed by atoms with van der Waals surface area (Å²) in [5.41, 5.74) is 0. The standard InChI is InChI=1S/C55H98O15/c1-3-5-7-9-11-13-15-17-19-20-21-22-24-25-27-29-31-33-35-37-46(57)65-40-43(68-47(58)38-36-34-32-30-28-26-23-18-16-14-12-10-8-6-4-2)41-66-54-53(64)51(62)49(60)45(70-54)42-67-55-52(63)50(61)48(59)44(39-56)69-55/h6,8,12,14,18,23,43-45,48-56,59-64H,3-5,7,9-11,13,15-17,19-22,24-42H2,1-2H3/b8-6+,14-12+,23-18+/t43-,44+,45+,48-,49-,50?,51?,52?,53?,54+,55+/m0/s1. The Morgan fingerprint density at radius 2 is 0.900 bits per heavy atom. The van der Waals surface area contributed by atoms with E-state index < -0.39 is 92.7 Å². The molecule has 0 saturated carbocycles. The molecule has 15 nitrogen and oxygen atoms in total. The molecule has 0 bridgehead atoms. The van der Waals surface area contributed by atoms with Gasteiger partial charge in [0.25, 0.3) is 0 Å². The van der Waals surface area contributed by atoms with E-state index in [1.54, 1.807) is 0 Å². The van der Waals surface area contributed by atoms with E-state index in [0.717, 1.165) is 70.6 Å².